The second-order valence-electron chi connectivity index (χ2n) is 10.8. The summed E-state index contributed by atoms with van der Waals surface area (Å²) in [5, 5.41) is 23.9. The van der Waals surface area contributed by atoms with E-state index in [1.54, 1.807) is 20.8 Å². The Morgan fingerprint density at radius 1 is 1.00 bits per heavy atom. The highest BCUT2D eigenvalue weighted by Crippen LogP contribution is 2.33. The molecule has 0 fully saturated rings. The molecule has 2 N–H and O–H groups in total. The van der Waals surface area contributed by atoms with E-state index in [2.05, 4.69) is 13.0 Å². The van der Waals surface area contributed by atoms with Crippen LogP contribution in [0.5, 0.6) is 0 Å². The number of ether oxygens (including phenoxy) is 1. The molecule has 0 radical (unpaired) electrons. The minimum Gasteiger partial charge on any atom is -0.457 e. The number of esters is 1. The van der Waals surface area contributed by atoms with Crippen LogP contribution in [0.25, 0.3) is 10.8 Å². The van der Waals surface area contributed by atoms with Crippen molar-refractivity contribution in [3.63, 3.8) is 0 Å². The van der Waals surface area contributed by atoms with Crippen molar-refractivity contribution in [2.24, 2.45) is 17.3 Å². The fourth-order valence-corrected chi connectivity index (χ4v) is 4.96. The zero-order chi connectivity index (χ0) is 25.8. The molecule has 0 amide bonds. The molecule has 0 aliphatic carbocycles. The minimum atomic E-state index is -1.21. The number of allylic oxidation sites excluding steroid dienone is 1. The van der Waals surface area contributed by atoms with Crippen molar-refractivity contribution < 1.29 is 24.5 Å². The van der Waals surface area contributed by atoms with Gasteiger partial charge in [0.25, 0.3) is 0 Å². The van der Waals surface area contributed by atoms with Crippen molar-refractivity contribution in [1.82, 2.24) is 0 Å². The predicted octanol–water partition coefficient (Wildman–Crippen LogP) is 5.92. The number of Topliss-reactive ketones (excluding diaryl/α,β-unsaturated/α-hetero) is 1. The maximum atomic E-state index is 13.2. The highest BCUT2D eigenvalue weighted by atomic mass is 16.5. The first kappa shape index (κ1) is 27.1. The number of fused-ring (bicyclic) bond motifs is 1. The van der Waals surface area contributed by atoms with Crippen LogP contribution >= 0.6 is 0 Å². The average Bonchev–Trinajstić information content (AvgIpc) is 2.84. The number of carbonyl (C=O) groups excluding carboxylic acids is 2. The van der Waals surface area contributed by atoms with E-state index >= 15 is 0 Å². The van der Waals surface area contributed by atoms with Crippen LogP contribution in [0.4, 0.5) is 0 Å². The fourth-order valence-electron chi connectivity index (χ4n) is 4.96. The van der Waals surface area contributed by atoms with Crippen LogP contribution in [-0.2, 0) is 14.3 Å². The summed E-state index contributed by atoms with van der Waals surface area (Å²) in [6, 6.07) is 14.1. The largest absolute Gasteiger partial charge is 0.457 e. The lowest BCUT2D eigenvalue weighted by atomic mass is 9.73. The number of ketones is 1. The van der Waals surface area contributed by atoms with E-state index in [4.69, 9.17) is 4.74 Å². The van der Waals surface area contributed by atoms with Crippen LogP contribution in [0.3, 0.4) is 0 Å². The first-order valence-corrected chi connectivity index (χ1v) is 12.7. The van der Waals surface area contributed by atoms with Gasteiger partial charge in [-0.3, -0.25) is 9.59 Å². The highest BCUT2D eigenvalue weighted by molar-refractivity contribution is 5.88. The van der Waals surface area contributed by atoms with Crippen LogP contribution in [0.2, 0.25) is 0 Å². The lowest BCUT2D eigenvalue weighted by molar-refractivity contribution is -0.155. The Balaban J connectivity index is 1.91. The number of aliphatic hydroxyl groups is 2. The predicted molar refractivity (Wildman–Crippen MR) is 139 cm³/mol. The SMILES string of the molecule is C/C1=C/C[C@@H](c2ccc3ccccc3c2)OC(=O)C[C@H](O)C(C)(C)C(=O)[C@H](C)[C@@H](O)[C@@H](C)CCC1. The molecule has 3 rings (SSSR count). The number of hydrogen-bond acceptors (Lipinski definition) is 5. The average molecular weight is 481 g/mol. The third-order valence-electron chi connectivity index (χ3n) is 7.67. The van der Waals surface area contributed by atoms with Gasteiger partial charge in [0, 0.05) is 12.3 Å². The lowest BCUT2D eigenvalue weighted by Crippen LogP contribution is -2.45. The molecule has 0 bridgehead atoms. The number of aliphatic hydroxyl groups excluding tert-OH is 2. The zero-order valence-corrected chi connectivity index (χ0v) is 21.7. The molecule has 35 heavy (non-hydrogen) atoms. The van der Waals surface area contributed by atoms with Crippen LogP contribution < -0.4 is 0 Å². The molecule has 0 saturated heterocycles. The monoisotopic (exact) mass is 480 g/mol. The lowest BCUT2D eigenvalue weighted by Gasteiger charge is -2.34. The van der Waals surface area contributed by atoms with Gasteiger partial charge in [-0.2, -0.15) is 0 Å². The molecule has 2 aromatic carbocycles. The molecular weight excluding hydrogens is 440 g/mol. The molecule has 5 nitrogen and oxygen atoms in total. The van der Waals surface area contributed by atoms with Gasteiger partial charge in [-0.1, -0.05) is 75.7 Å². The summed E-state index contributed by atoms with van der Waals surface area (Å²) in [4.78, 5) is 26.2. The van der Waals surface area contributed by atoms with Crippen LogP contribution in [0.15, 0.2) is 54.1 Å². The molecule has 0 unspecified atom stereocenters. The van der Waals surface area contributed by atoms with Gasteiger partial charge in [0.05, 0.1) is 24.0 Å². The first-order chi connectivity index (χ1) is 16.5. The number of cyclic esters (lactones) is 1. The minimum absolute atomic E-state index is 0.0436. The summed E-state index contributed by atoms with van der Waals surface area (Å²) in [6.45, 7) is 9.02. The van der Waals surface area contributed by atoms with E-state index in [-0.39, 0.29) is 18.1 Å². The van der Waals surface area contributed by atoms with Gasteiger partial charge in [0.2, 0.25) is 0 Å². The third kappa shape index (κ3) is 6.59. The second-order valence-corrected chi connectivity index (χ2v) is 10.8. The van der Waals surface area contributed by atoms with Crippen LogP contribution in [0.1, 0.15) is 78.4 Å². The molecule has 1 heterocycles. The molecule has 5 heteroatoms. The molecule has 0 saturated carbocycles. The molecule has 2 aromatic rings. The van der Waals surface area contributed by atoms with E-state index in [0.717, 1.165) is 35.6 Å². The Morgan fingerprint density at radius 3 is 2.40 bits per heavy atom. The summed E-state index contributed by atoms with van der Waals surface area (Å²) in [7, 11) is 0. The zero-order valence-electron chi connectivity index (χ0n) is 21.7. The number of hydrogen-bond donors (Lipinski definition) is 2. The van der Waals surface area contributed by atoms with E-state index in [9.17, 15) is 19.8 Å². The number of carbonyl (C=O) groups is 2. The Labute approximate surface area is 209 Å². The maximum Gasteiger partial charge on any atom is 0.309 e. The Hall–Kier alpha value is -2.50. The summed E-state index contributed by atoms with van der Waals surface area (Å²) >= 11 is 0. The van der Waals surface area contributed by atoms with Crippen molar-refractivity contribution in [1.29, 1.82) is 0 Å². The smallest absolute Gasteiger partial charge is 0.309 e. The van der Waals surface area contributed by atoms with Crippen LogP contribution in [0, 0.1) is 17.3 Å². The van der Waals surface area contributed by atoms with E-state index < -0.39 is 35.6 Å². The molecule has 5 atom stereocenters. The summed E-state index contributed by atoms with van der Waals surface area (Å²) in [6.07, 6.45) is 2.44. The fraction of sp³-hybridized carbons (Fsp3) is 0.533. The third-order valence-corrected chi connectivity index (χ3v) is 7.67. The quantitative estimate of drug-likeness (QED) is 0.391. The van der Waals surface area contributed by atoms with Crippen molar-refractivity contribution in [3.8, 4) is 0 Å². The molecule has 0 aromatic heterocycles. The number of benzene rings is 2. The van der Waals surface area contributed by atoms with Gasteiger partial charge in [-0.25, -0.2) is 0 Å². The van der Waals surface area contributed by atoms with Gasteiger partial charge in [0.1, 0.15) is 11.9 Å². The maximum absolute atomic E-state index is 13.2. The Morgan fingerprint density at radius 2 is 1.69 bits per heavy atom. The highest BCUT2D eigenvalue weighted by Gasteiger charge is 2.42. The van der Waals surface area contributed by atoms with Crippen molar-refractivity contribution >= 4 is 22.5 Å². The molecule has 1 aliphatic heterocycles. The molecule has 0 spiro atoms. The summed E-state index contributed by atoms with van der Waals surface area (Å²) in [5.74, 6) is -1.47. The van der Waals surface area contributed by atoms with Crippen LogP contribution in [-0.4, -0.2) is 34.2 Å². The topological polar surface area (TPSA) is 83.8 Å². The van der Waals surface area contributed by atoms with E-state index in [1.807, 2.05) is 49.4 Å². The molecular formula is C30H40O5. The summed E-state index contributed by atoms with van der Waals surface area (Å²) in [5.41, 5.74) is 0.911. The van der Waals surface area contributed by atoms with Crippen molar-refractivity contribution in [3.05, 3.63) is 59.7 Å². The van der Waals surface area contributed by atoms with E-state index in [1.165, 1.54) is 5.57 Å². The number of rotatable bonds is 1. The summed E-state index contributed by atoms with van der Waals surface area (Å²) < 4.78 is 5.89. The van der Waals surface area contributed by atoms with Gasteiger partial charge in [0.15, 0.2) is 0 Å². The normalized spacial score (nSPS) is 30.9. The van der Waals surface area contributed by atoms with Crippen molar-refractivity contribution in [2.75, 3.05) is 0 Å². The molecule has 190 valence electrons. The Bertz CT molecular complexity index is 1070. The van der Waals surface area contributed by atoms with Gasteiger partial charge < -0.3 is 14.9 Å². The molecule has 1 aliphatic rings. The van der Waals surface area contributed by atoms with Gasteiger partial charge in [-0.05, 0) is 54.5 Å². The first-order valence-electron chi connectivity index (χ1n) is 12.7. The Kier molecular flexibility index (Phi) is 8.89. The van der Waals surface area contributed by atoms with Crippen molar-refractivity contribution in [2.45, 2.75) is 85.0 Å². The second kappa shape index (κ2) is 11.5. The van der Waals surface area contributed by atoms with Gasteiger partial charge >= 0.3 is 5.97 Å². The van der Waals surface area contributed by atoms with E-state index in [0.29, 0.717) is 6.42 Å². The standard InChI is InChI=1S/C30H40O5/c1-19-9-8-10-20(2)28(33)21(3)29(34)30(4,5)26(31)18-27(32)35-25(16-13-19)24-15-14-22-11-6-7-12-23(22)17-24/h6-7,11-15,17,20-21,25-26,28,31,33H,8-10,16,18H2,1-5H3/b19-13-/t20-,21+,25-,26-,28-/m0/s1. The van der Waals surface area contributed by atoms with Gasteiger partial charge in [-0.15, -0.1) is 0 Å².